The monoisotopic (exact) mass is 289 g/mol. The molecular weight excluding hydrogens is 270 g/mol. The van der Waals surface area contributed by atoms with E-state index in [1.807, 2.05) is 11.8 Å². The van der Waals surface area contributed by atoms with Crippen molar-refractivity contribution >= 4 is 21.8 Å². The van der Waals surface area contributed by atoms with Crippen molar-refractivity contribution in [1.82, 2.24) is 4.90 Å². The van der Waals surface area contributed by atoms with E-state index in [0.29, 0.717) is 16.7 Å². The fourth-order valence-electron chi connectivity index (χ4n) is 2.61. The molecule has 1 amide bonds. The van der Waals surface area contributed by atoms with Gasteiger partial charge in [0.25, 0.3) is 0 Å². The third-order valence-corrected chi connectivity index (χ3v) is 5.17. The molecule has 2 fully saturated rings. The number of likely N-dealkylation sites (tertiary alicyclic amines) is 1. The van der Waals surface area contributed by atoms with Crippen molar-refractivity contribution < 1.29 is 9.53 Å². The van der Waals surface area contributed by atoms with Gasteiger partial charge in [0.2, 0.25) is 5.91 Å². The highest BCUT2D eigenvalue weighted by atomic mass is 79.9. The van der Waals surface area contributed by atoms with Crippen LogP contribution < -0.4 is 0 Å². The number of piperidine rings is 1. The molecule has 0 aliphatic carbocycles. The molecule has 0 bridgehead atoms. The molecule has 0 aromatic carbocycles. The molecule has 0 spiro atoms. The zero-order valence-corrected chi connectivity index (χ0v) is 11.6. The summed E-state index contributed by atoms with van der Waals surface area (Å²) in [5, 5.41) is 0. The van der Waals surface area contributed by atoms with Gasteiger partial charge in [-0.15, -0.1) is 0 Å². The number of hydrogen-bond donors (Lipinski definition) is 0. The maximum Gasteiger partial charge on any atom is 0.228 e. The van der Waals surface area contributed by atoms with Crippen LogP contribution in [-0.4, -0.2) is 41.4 Å². The van der Waals surface area contributed by atoms with E-state index >= 15 is 0 Å². The molecule has 0 saturated carbocycles. The van der Waals surface area contributed by atoms with Crippen molar-refractivity contribution in [2.24, 2.45) is 11.8 Å². The van der Waals surface area contributed by atoms with Crippen molar-refractivity contribution in [3.05, 3.63) is 0 Å². The molecular formula is C12H20BrNO2. The molecule has 4 unspecified atom stereocenters. The predicted molar refractivity (Wildman–Crippen MR) is 66.6 cm³/mol. The minimum Gasteiger partial charge on any atom is -0.378 e. The topological polar surface area (TPSA) is 29.5 Å². The van der Waals surface area contributed by atoms with Gasteiger partial charge in [0.15, 0.2) is 0 Å². The number of hydrogen-bond acceptors (Lipinski definition) is 2. The first-order valence-corrected chi connectivity index (χ1v) is 7.05. The first kappa shape index (κ1) is 12.4. The lowest BCUT2D eigenvalue weighted by atomic mass is 9.96. The van der Waals surface area contributed by atoms with Gasteiger partial charge in [0.1, 0.15) is 0 Å². The number of ether oxygens (including phenoxy) is 1. The van der Waals surface area contributed by atoms with Crippen LogP contribution in [0.1, 0.15) is 26.7 Å². The Morgan fingerprint density at radius 3 is 2.69 bits per heavy atom. The molecule has 0 aromatic rings. The van der Waals surface area contributed by atoms with E-state index in [2.05, 4.69) is 22.9 Å². The second-order valence-electron chi connectivity index (χ2n) is 5.04. The molecule has 16 heavy (non-hydrogen) atoms. The zero-order valence-electron chi connectivity index (χ0n) is 9.99. The number of nitrogens with zero attached hydrogens (tertiary/aromatic N) is 1. The van der Waals surface area contributed by atoms with Crippen molar-refractivity contribution in [3.63, 3.8) is 0 Å². The highest BCUT2D eigenvalue weighted by molar-refractivity contribution is 9.09. The van der Waals surface area contributed by atoms with E-state index in [-0.39, 0.29) is 12.0 Å². The standard InChI is InChI=1S/C12H20BrNO2/c1-8-7-14(5-3-11(8)13)12(15)10-4-6-16-9(10)2/h8-11H,3-7H2,1-2H3. The minimum absolute atomic E-state index is 0.0964. The Balaban J connectivity index is 1.95. The second-order valence-corrected chi connectivity index (χ2v) is 6.21. The predicted octanol–water partition coefficient (Wildman–Crippen LogP) is 2.04. The van der Waals surface area contributed by atoms with Gasteiger partial charge in [0, 0.05) is 24.5 Å². The van der Waals surface area contributed by atoms with Crippen LogP contribution in [0.4, 0.5) is 0 Å². The van der Waals surface area contributed by atoms with Crippen LogP contribution in [0.15, 0.2) is 0 Å². The molecule has 92 valence electrons. The normalized spacial score (nSPS) is 40.1. The molecule has 2 aliphatic rings. The van der Waals surface area contributed by atoms with E-state index in [0.717, 1.165) is 32.5 Å². The molecule has 3 nitrogen and oxygen atoms in total. The van der Waals surface area contributed by atoms with Crippen LogP contribution in [0, 0.1) is 11.8 Å². The Labute approximate surface area is 106 Å². The van der Waals surface area contributed by atoms with Gasteiger partial charge in [-0.25, -0.2) is 0 Å². The fourth-order valence-corrected chi connectivity index (χ4v) is 2.98. The molecule has 0 N–H and O–H groups in total. The lowest BCUT2D eigenvalue weighted by Gasteiger charge is -2.36. The summed E-state index contributed by atoms with van der Waals surface area (Å²) in [5.41, 5.74) is 0. The summed E-state index contributed by atoms with van der Waals surface area (Å²) in [7, 11) is 0. The van der Waals surface area contributed by atoms with E-state index in [1.165, 1.54) is 0 Å². The first-order valence-electron chi connectivity index (χ1n) is 6.14. The molecule has 4 heteroatoms. The highest BCUT2D eigenvalue weighted by Gasteiger charge is 2.36. The van der Waals surface area contributed by atoms with E-state index in [9.17, 15) is 4.79 Å². The Morgan fingerprint density at radius 1 is 1.38 bits per heavy atom. The van der Waals surface area contributed by atoms with Crippen LogP contribution in [-0.2, 0) is 9.53 Å². The average Bonchev–Trinajstić information content (AvgIpc) is 2.67. The minimum atomic E-state index is 0.0964. The Morgan fingerprint density at radius 2 is 2.12 bits per heavy atom. The lowest BCUT2D eigenvalue weighted by Crippen LogP contribution is -2.46. The molecule has 0 aromatic heterocycles. The summed E-state index contributed by atoms with van der Waals surface area (Å²) in [5.74, 6) is 0.950. The molecule has 2 aliphatic heterocycles. The van der Waals surface area contributed by atoms with Gasteiger partial charge < -0.3 is 9.64 Å². The maximum absolute atomic E-state index is 12.3. The molecule has 0 radical (unpaired) electrons. The van der Waals surface area contributed by atoms with Gasteiger partial charge in [-0.05, 0) is 25.7 Å². The van der Waals surface area contributed by atoms with Crippen molar-refractivity contribution in [3.8, 4) is 0 Å². The third-order valence-electron chi connectivity index (χ3n) is 3.81. The fraction of sp³-hybridized carbons (Fsp3) is 0.917. The smallest absolute Gasteiger partial charge is 0.228 e. The SMILES string of the molecule is CC1CN(C(=O)C2CCOC2C)CCC1Br. The van der Waals surface area contributed by atoms with E-state index in [4.69, 9.17) is 4.74 Å². The Bertz CT molecular complexity index is 272. The maximum atomic E-state index is 12.3. The first-order chi connectivity index (χ1) is 7.59. The number of carbonyl (C=O) groups is 1. The summed E-state index contributed by atoms with van der Waals surface area (Å²) in [6.07, 6.45) is 2.06. The second kappa shape index (κ2) is 5.05. The van der Waals surface area contributed by atoms with Gasteiger partial charge >= 0.3 is 0 Å². The molecule has 2 rings (SSSR count). The van der Waals surface area contributed by atoms with Crippen LogP contribution in [0.25, 0.3) is 0 Å². The van der Waals surface area contributed by atoms with Crippen LogP contribution in [0.5, 0.6) is 0 Å². The lowest BCUT2D eigenvalue weighted by molar-refractivity contribution is -0.138. The summed E-state index contributed by atoms with van der Waals surface area (Å²) < 4.78 is 5.47. The van der Waals surface area contributed by atoms with Crippen molar-refractivity contribution in [2.75, 3.05) is 19.7 Å². The third kappa shape index (κ3) is 2.43. The summed E-state index contributed by atoms with van der Waals surface area (Å²) in [6, 6.07) is 0. The van der Waals surface area contributed by atoms with Gasteiger partial charge in [0.05, 0.1) is 12.0 Å². The number of halogens is 1. The zero-order chi connectivity index (χ0) is 11.7. The van der Waals surface area contributed by atoms with Gasteiger partial charge in [-0.2, -0.15) is 0 Å². The van der Waals surface area contributed by atoms with E-state index < -0.39 is 0 Å². The summed E-state index contributed by atoms with van der Waals surface area (Å²) >= 11 is 3.66. The van der Waals surface area contributed by atoms with Crippen molar-refractivity contribution in [2.45, 2.75) is 37.6 Å². The summed E-state index contributed by atoms with van der Waals surface area (Å²) in [4.78, 5) is 14.9. The van der Waals surface area contributed by atoms with Gasteiger partial charge in [-0.3, -0.25) is 4.79 Å². The van der Waals surface area contributed by atoms with Crippen LogP contribution >= 0.6 is 15.9 Å². The van der Waals surface area contributed by atoms with Crippen molar-refractivity contribution in [1.29, 1.82) is 0 Å². The molecule has 2 saturated heterocycles. The Kier molecular flexibility index (Phi) is 3.90. The number of rotatable bonds is 1. The largest absolute Gasteiger partial charge is 0.378 e. The highest BCUT2D eigenvalue weighted by Crippen LogP contribution is 2.28. The Hall–Kier alpha value is -0.0900. The van der Waals surface area contributed by atoms with Crippen LogP contribution in [0.2, 0.25) is 0 Å². The quantitative estimate of drug-likeness (QED) is 0.692. The molecule has 2 heterocycles. The molecule has 4 atom stereocenters. The number of amides is 1. The number of alkyl halides is 1. The average molecular weight is 290 g/mol. The van der Waals surface area contributed by atoms with Gasteiger partial charge in [-0.1, -0.05) is 22.9 Å². The van der Waals surface area contributed by atoms with Crippen LogP contribution in [0.3, 0.4) is 0 Å². The van der Waals surface area contributed by atoms with E-state index in [1.54, 1.807) is 0 Å². The summed E-state index contributed by atoms with van der Waals surface area (Å²) in [6.45, 7) is 6.73. The number of carbonyl (C=O) groups excluding carboxylic acids is 1.